The quantitative estimate of drug-likeness (QED) is 0.715. The van der Waals surface area contributed by atoms with Crippen LogP contribution in [0.4, 0.5) is 0 Å². The van der Waals surface area contributed by atoms with E-state index >= 15 is 0 Å². The van der Waals surface area contributed by atoms with E-state index in [1.165, 1.54) is 4.90 Å². The van der Waals surface area contributed by atoms with Gasteiger partial charge in [-0.05, 0) is 17.7 Å². The average molecular weight is 248 g/mol. The van der Waals surface area contributed by atoms with Gasteiger partial charge in [-0.2, -0.15) is 0 Å². The van der Waals surface area contributed by atoms with E-state index in [-0.39, 0.29) is 17.7 Å². The van der Waals surface area contributed by atoms with Crippen LogP contribution in [0.2, 0.25) is 5.02 Å². The van der Waals surface area contributed by atoms with Gasteiger partial charge in [-0.1, -0.05) is 29.8 Å². The molecule has 1 aromatic rings. The molecule has 2 aliphatic rings. The fourth-order valence-electron chi connectivity index (χ4n) is 2.45. The minimum Gasteiger partial charge on any atom is -0.274 e. The molecule has 1 aromatic carbocycles. The maximum absolute atomic E-state index is 11.8. The number of hydrogen-bond acceptors (Lipinski definition) is 2. The molecule has 17 heavy (non-hydrogen) atoms. The highest BCUT2D eigenvalue weighted by molar-refractivity contribution is 6.30. The number of carbonyl (C=O) groups is 2. The number of nitrogens with zero attached hydrogens (tertiary/aromatic N) is 1. The third-order valence-corrected chi connectivity index (χ3v) is 3.50. The molecule has 0 N–H and O–H groups in total. The smallest absolute Gasteiger partial charge is 0.237 e. The van der Waals surface area contributed by atoms with Crippen molar-refractivity contribution in [1.82, 2.24) is 4.90 Å². The Morgan fingerprint density at radius 2 is 1.82 bits per heavy atom. The Hall–Kier alpha value is -1.61. The van der Waals surface area contributed by atoms with Crippen molar-refractivity contribution in [2.75, 3.05) is 0 Å². The maximum Gasteiger partial charge on any atom is 0.237 e. The molecule has 0 aromatic heterocycles. The number of allylic oxidation sites excluding steroid dienone is 1. The molecular formula is C13H10ClNO2. The second-order valence-corrected chi connectivity index (χ2v) is 4.70. The Labute approximate surface area is 104 Å². The highest BCUT2D eigenvalue weighted by Crippen LogP contribution is 2.40. The molecule has 2 heterocycles. The topological polar surface area (TPSA) is 37.4 Å². The van der Waals surface area contributed by atoms with E-state index in [0.29, 0.717) is 17.9 Å². The summed E-state index contributed by atoms with van der Waals surface area (Å²) in [5, 5.41) is 0.673. The van der Waals surface area contributed by atoms with Gasteiger partial charge in [-0.15, -0.1) is 0 Å². The molecule has 0 spiro atoms. The zero-order valence-electron chi connectivity index (χ0n) is 9.02. The minimum absolute atomic E-state index is 0.00576. The number of carbonyl (C=O) groups excluding carboxylic acids is 2. The molecule has 0 aliphatic carbocycles. The number of fused-ring (bicyclic) bond motifs is 1. The first kappa shape index (κ1) is 10.5. The van der Waals surface area contributed by atoms with Crippen molar-refractivity contribution < 1.29 is 9.59 Å². The van der Waals surface area contributed by atoms with Gasteiger partial charge in [0.05, 0.1) is 0 Å². The van der Waals surface area contributed by atoms with Crippen LogP contribution in [0.15, 0.2) is 36.0 Å². The van der Waals surface area contributed by atoms with Gasteiger partial charge in [0.25, 0.3) is 0 Å². The lowest BCUT2D eigenvalue weighted by molar-refractivity contribution is -0.138. The molecule has 3 rings (SSSR count). The first-order valence-corrected chi connectivity index (χ1v) is 5.86. The standard InChI is InChI=1S/C13H10ClNO2/c14-9-3-1-8(2-4-9)10-7-13(17)15-11(10)5-6-12(15)16/h1-5,10H,6-7H2. The Kier molecular flexibility index (Phi) is 2.30. The van der Waals surface area contributed by atoms with E-state index in [4.69, 9.17) is 11.6 Å². The van der Waals surface area contributed by atoms with Gasteiger partial charge in [0.1, 0.15) is 0 Å². The fourth-order valence-corrected chi connectivity index (χ4v) is 2.58. The molecule has 2 amide bonds. The van der Waals surface area contributed by atoms with Crippen LogP contribution in [-0.4, -0.2) is 16.7 Å². The summed E-state index contributed by atoms with van der Waals surface area (Å²) in [7, 11) is 0. The molecule has 4 heteroatoms. The summed E-state index contributed by atoms with van der Waals surface area (Å²) in [6.45, 7) is 0. The van der Waals surface area contributed by atoms with Gasteiger partial charge in [0, 0.05) is 29.5 Å². The summed E-state index contributed by atoms with van der Waals surface area (Å²) in [4.78, 5) is 24.6. The van der Waals surface area contributed by atoms with Crippen molar-refractivity contribution in [2.45, 2.75) is 18.8 Å². The van der Waals surface area contributed by atoms with E-state index in [9.17, 15) is 9.59 Å². The van der Waals surface area contributed by atoms with Crippen LogP contribution in [-0.2, 0) is 9.59 Å². The number of benzene rings is 1. The van der Waals surface area contributed by atoms with E-state index in [1.54, 1.807) is 12.1 Å². The molecule has 1 atom stereocenters. The van der Waals surface area contributed by atoms with Crippen LogP contribution in [0.3, 0.4) is 0 Å². The van der Waals surface area contributed by atoms with Crippen LogP contribution in [0.1, 0.15) is 24.3 Å². The zero-order chi connectivity index (χ0) is 12.0. The molecule has 3 nitrogen and oxygen atoms in total. The molecular weight excluding hydrogens is 238 g/mol. The van der Waals surface area contributed by atoms with E-state index in [0.717, 1.165) is 11.3 Å². The average Bonchev–Trinajstić information content (AvgIpc) is 2.83. The SMILES string of the molecule is O=C1CC=C2C(c3ccc(Cl)cc3)CC(=O)N12. The molecule has 1 saturated heterocycles. The lowest BCUT2D eigenvalue weighted by Crippen LogP contribution is -2.26. The van der Waals surface area contributed by atoms with Gasteiger partial charge in [0.2, 0.25) is 11.8 Å². The van der Waals surface area contributed by atoms with Crippen molar-refractivity contribution in [3.05, 3.63) is 46.6 Å². The normalized spacial score (nSPS) is 23.0. The van der Waals surface area contributed by atoms with Crippen LogP contribution in [0.25, 0.3) is 0 Å². The summed E-state index contributed by atoms with van der Waals surface area (Å²) < 4.78 is 0. The van der Waals surface area contributed by atoms with Crippen LogP contribution in [0, 0.1) is 0 Å². The summed E-state index contributed by atoms with van der Waals surface area (Å²) in [5.74, 6) is -0.202. The van der Waals surface area contributed by atoms with Gasteiger partial charge in [0.15, 0.2) is 0 Å². The zero-order valence-corrected chi connectivity index (χ0v) is 9.78. The maximum atomic E-state index is 11.8. The molecule has 0 bridgehead atoms. The van der Waals surface area contributed by atoms with Gasteiger partial charge in [-0.25, -0.2) is 0 Å². The van der Waals surface area contributed by atoms with Crippen molar-refractivity contribution in [2.24, 2.45) is 0 Å². The highest BCUT2D eigenvalue weighted by atomic mass is 35.5. The fraction of sp³-hybridized carbons (Fsp3) is 0.231. The second kappa shape index (κ2) is 3.70. The van der Waals surface area contributed by atoms with Crippen LogP contribution < -0.4 is 0 Å². The number of rotatable bonds is 1. The molecule has 1 fully saturated rings. The second-order valence-electron chi connectivity index (χ2n) is 4.26. The molecule has 1 unspecified atom stereocenters. The highest BCUT2D eigenvalue weighted by Gasteiger charge is 2.42. The van der Waals surface area contributed by atoms with E-state index < -0.39 is 0 Å². The lowest BCUT2D eigenvalue weighted by Gasteiger charge is -2.12. The minimum atomic E-state index is -0.110. The van der Waals surface area contributed by atoms with Crippen molar-refractivity contribution in [3.8, 4) is 0 Å². The van der Waals surface area contributed by atoms with Crippen molar-refractivity contribution in [3.63, 3.8) is 0 Å². The predicted octanol–water partition coefficient (Wildman–Crippen LogP) is 2.47. The van der Waals surface area contributed by atoms with E-state index in [1.807, 2.05) is 18.2 Å². The number of hydrogen-bond donors (Lipinski definition) is 0. The Morgan fingerprint density at radius 1 is 1.12 bits per heavy atom. The van der Waals surface area contributed by atoms with Gasteiger partial charge in [-0.3, -0.25) is 14.5 Å². The molecule has 2 aliphatic heterocycles. The lowest BCUT2D eigenvalue weighted by atomic mass is 9.95. The van der Waals surface area contributed by atoms with Crippen LogP contribution >= 0.6 is 11.6 Å². The molecule has 0 radical (unpaired) electrons. The van der Waals surface area contributed by atoms with Gasteiger partial charge < -0.3 is 0 Å². The molecule has 86 valence electrons. The number of halogens is 1. The summed E-state index contributed by atoms with van der Waals surface area (Å²) in [6, 6.07) is 7.43. The van der Waals surface area contributed by atoms with Crippen LogP contribution in [0.5, 0.6) is 0 Å². The summed E-state index contributed by atoms with van der Waals surface area (Å²) in [5.41, 5.74) is 1.87. The van der Waals surface area contributed by atoms with Gasteiger partial charge >= 0.3 is 0 Å². The summed E-state index contributed by atoms with van der Waals surface area (Å²) in [6.07, 6.45) is 2.57. The summed E-state index contributed by atoms with van der Waals surface area (Å²) >= 11 is 5.84. The first-order valence-electron chi connectivity index (χ1n) is 5.48. The largest absolute Gasteiger partial charge is 0.274 e. The number of imide groups is 1. The van der Waals surface area contributed by atoms with Crippen molar-refractivity contribution in [1.29, 1.82) is 0 Å². The van der Waals surface area contributed by atoms with E-state index in [2.05, 4.69) is 0 Å². The van der Waals surface area contributed by atoms with Crippen molar-refractivity contribution >= 4 is 23.4 Å². The molecule has 0 saturated carbocycles. The third kappa shape index (κ3) is 1.58. The Balaban J connectivity index is 1.98. The number of amides is 2. The first-order chi connectivity index (χ1) is 8.16. The predicted molar refractivity (Wildman–Crippen MR) is 63.4 cm³/mol. The monoisotopic (exact) mass is 247 g/mol. The third-order valence-electron chi connectivity index (χ3n) is 3.25. The Bertz CT molecular complexity index is 533. The Morgan fingerprint density at radius 3 is 2.53 bits per heavy atom.